The summed E-state index contributed by atoms with van der Waals surface area (Å²) in [6.07, 6.45) is 0. The van der Waals surface area contributed by atoms with Crippen LogP contribution in [-0.4, -0.2) is 38.6 Å². The molecule has 1 rings (SSSR count). The molecule has 0 fully saturated rings. The minimum Gasteiger partial charge on any atom is -0.478 e. The van der Waals surface area contributed by atoms with Crippen molar-refractivity contribution in [1.29, 1.82) is 0 Å². The fraction of sp³-hybridized carbons (Fsp3) is 0.200. The van der Waals surface area contributed by atoms with Crippen LogP contribution in [0.5, 0.6) is 0 Å². The summed E-state index contributed by atoms with van der Waals surface area (Å²) < 4.78 is 25.8. The van der Waals surface area contributed by atoms with Crippen LogP contribution in [-0.2, 0) is 10.0 Å². The molecule has 0 unspecified atom stereocenters. The van der Waals surface area contributed by atoms with Crippen molar-refractivity contribution in [3.8, 4) is 0 Å². The van der Waals surface area contributed by atoms with Gasteiger partial charge in [0.05, 0.1) is 10.5 Å². The van der Waals surface area contributed by atoms with Gasteiger partial charge in [-0.2, -0.15) is 0 Å². The summed E-state index contributed by atoms with van der Waals surface area (Å²) in [4.78, 5) is 21.0. The third-order valence-electron chi connectivity index (χ3n) is 2.11. The number of amides is 2. The van der Waals surface area contributed by atoms with Gasteiger partial charge in [0.25, 0.3) is 0 Å². The Labute approximate surface area is 109 Å². The zero-order valence-corrected chi connectivity index (χ0v) is 10.6. The molecule has 0 radical (unpaired) electrons. The summed E-state index contributed by atoms with van der Waals surface area (Å²) in [5, 5.41) is 11.0. The highest BCUT2D eigenvalue weighted by Gasteiger charge is 2.15. The summed E-state index contributed by atoms with van der Waals surface area (Å²) in [5.41, 5.74) is 4.69. The van der Waals surface area contributed by atoms with Crippen LogP contribution in [0.4, 0.5) is 4.79 Å². The fourth-order valence-corrected chi connectivity index (χ4v) is 2.33. The first-order chi connectivity index (χ1) is 8.83. The van der Waals surface area contributed by atoms with E-state index in [1.165, 1.54) is 18.2 Å². The molecule has 1 aromatic rings. The highest BCUT2D eigenvalue weighted by atomic mass is 32.2. The number of primary amides is 1. The molecule has 0 saturated heterocycles. The second kappa shape index (κ2) is 6.16. The molecule has 0 aromatic heterocycles. The number of nitrogens with one attached hydrogen (secondary N) is 2. The van der Waals surface area contributed by atoms with E-state index >= 15 is 0 Å². The molecule has 104 valence electrons. The van der Waals surface area contributed by atoms with E-state index in [1.807, 2.05) is 0 Å². The van der Waals surface area contributed by atoms with E-state index in [0.717, 1.165) is 6.07 Å². The van der Waals surface area contributed by atoms with Gasteiger partial charge in [-0.25, -0.2) is 22.7 Å². The number of hydrogen-bond donors (Lipinski definition) is 4. The summed E-state index contributed by atoms with van der Waals surface area (Å²) in [5.74, 6) is -1.22. The van der Waals surface area contributed by atoms with Crippen LogP contribution in [0.25, 0.3) is 0 Å². The van der Waals surface area contributed by atoms with Crippen molar-refractivity contribution in [1.82, 2.24) is 10.0 Å². The van der Waals surface area contributed by atoms with Crippen molar-refractivity contribution in [2.45, 2.75) is 4.90 Å². The molecule has 0 bridgehead atoms. The Morgan fingerprint density at radius 1 is 1.26 bits per heavy atom. The van der Waals surface area contributed by atoms with Crippen molar-refractivity contribution in [2.75, 3.05) is 13.1 Å². The lowest BCUT2D eigenvalue weighted by atomic mass is 10.2. The number of benzene rings is 1. The minimum atomic E-state index is -3.82. The number of rotatable bonds is 6. The predicted octanol–water partition coefficient (Wildman–Crippen LogP) is -0.669. The average molecular weight is 287 g/mol. The molecule has 1 aromatic carbocycles. The first-order valence-corrected chi connectivity index (χ1v) is 6.67. The van der Waals surface area contributed by atoms with E-state index in [4.69, 9.17) is 10.8 Å². The lowest BCUT2D eigenvalue weighted by molar-refractivity contribution is 0.0696. The van der Waals surface area contributed by atoms with E-state index in [-0.39, 0.29) is 23.5 Å². The Balaban J connectivity index is 2.74. The van der Waals surface area contributed by atoms with E-state index < -0.39 is 22.0 Å². The zero-order chi connectivity index (χ0) is 14.5. The van der Waals surface area contributed by atoms with Crippen LogP contribution in [0.3, 0.4) is 0 Å². The zero-order valence-electron chi connectivity index (χ0n) is 9.79. The minimum absolute atomic E-state index is 0.0349. The Bertz CT molecular complexity index is 585. The number of aromatic carboxylic acids is 1. The SMILES string of the molecule is NC(=O)NCCNS(=O)(=O)c1cccc(C(=O)O)c1. The molecule has 19 heavy (non-hydrogen) atoms. The maximum absolute atomic E-state index is 11.8. The highest BCUT2D eigenvalue weighted by Crippen LogP contribution is 2.11. The molecule has 5 N–H and O–H groups in total. The number of nitrogens with two attached hydrogens (primary N) is 1. The molecule has 9 heteroatoms. The number of sulfonamides is 1. The number of carbonyl (C=O) groups is 2. The average Bonchev–Trinajstić information content (AvgIpc) is 2.34. The lowest BCUT2D eigenvalue weighted by Gasteiger charge is -2.07. The maximum Gasteiger partial charge on any atom is 0.335 e. The van der Waals surface area contributed by atoms with Gasteiger partial charge < -0.3 is 16.2 Å². The third kappa shape index (κ3) is 4.56. The maximum atomic E-state index is 11.8. The first-order valence-electron chi connectivity index (χ1n) is 5.19. The third-order valence-corrected chi connectivity index (χ3v) is 3.57. The van der Waals surface area contributed by atoms with Crippen LogP contribution in [0.15, 0.2) is 29.2 Å². The molecule has 0 saturated carbocycles. The molecule has 8 nitrogen and oxygen atoms in total. The predicted molar refractivity (Wildman–Crippen MR) is 66.2 cm³/mol. The lowest BCUT2D eigenvalue weighted by Crippen LogP contribution is -2.37. The normalized spacial score (nSPS) is 10.9. The van der Waals surface area contributed by atoms with Crippen molar-refractivity contribution < 1.29 is 23.1 Å². The monoisotopic (exact) mass is 287 g/mol. The number of carbonyl (C=O) groups excluding carboxylic acids is 1. The molecule has 0 aliphatic carbocycles. The van der Waals surface area contributed by atoms with Gasteiger partial charge in [-0.05, 0) is 18.2 Å². The molecular weight excluding hydrogens is 274 g/mol. The van der Waals surface area contributed by atoms with Crippen LogP contribution in [0.2, 0.25) is 0 Å². The first kappa shape index (κ1) is 14.9. The number of hydrogen-bond acceptors (Lipinski definition) is 4. The van der Waals surface area contributed by atoms with Gasteiger partial charge in [-0.1, -0.05) is 6.07 Å². The van der Waals surface area contributed by atoms with Gasteiger partial charge in [0.2, 0.25) is 10.0 Å². The Kier molecular flexibility index (Phi) is 4.84. The van der Waals surface area contributed by atoms with E-state index in [0.29, 0.717) is 0 Å². The quantitative estimate of drug-likeness (QED) is 0.514. The summed E-state index contributed by atoms with van der Waals surface area (Å²) >= 11 is 0. The standard InChI is InChI=1S/C10H13N3O5S/c11-10(16)12-4-5-13-19(17,18)8-3-1-2-7(6-8)9(14)15/h1-3,6,13H,4-5H2,(H,14,15)(H3,11,12,16). The van der Waals surface area contributed by atoms with E-state index in [1.54, 1.807) is 0 Å². The molecule has 0 spiro atoms. The Hall–Kier alpha value is -2.13. The largest absolute Gasteiger partial charge is 0.478 e. The highest BCUT2D eigenvalue weighted by molar-refractivity contribution is 7.89. The van der Waals surface area contributed by atoms with Crippen LogP contribution in [0, 0.1) is 0 Å². The van der Waals surface area contributed by atoms with Crippen LogP contribution < -0.4 is 15.8 Å². The molecule has 2 amide bonds. The van der Waals surface area contributed by atoms with Gasteiger partial charge in [-0.3, -0.25) is 0 Å². The number of urea groups is 1. The number of carboxylic acid groups (broad SMARTS) is 1. The molecule has 0 atom stereocenters. The van der Waals surface area contributed by atoms with Gasteiger partial charge in [0, 0.05) is 13.1 Å². The Morgan fingerprint density at radius 2 is 1.95 bits per heavy atom. The second-order valence-electron chi connectivity index (χ2n) is 3.52. The van der Waals surface area contributed by atoms with Crippen molar-refractivity contribution in [3.63, 3.8) is 0 Å². The van der Waals surface area contributed by atoms with Gasteiger partial charge >= 0.3 is 12.0 Å². The second-order valence-corrected chi connectivity index (χ2v) is 5.29. The topological polar surface area (TPSA) is 139 Å². The molecule has 0 aliphatic heterocycles. The van der Waals surface area contributed by atoms with Crippen LogP contribution in [0.1, 0.15) is 10.4 Å². The van der Waals surface area contributed by atoms with Gasteiger partial charge in [0.15, 0.2) is 0 Å². The van der Waals surface area contributed by atoms with Crippen molar-refractivity contribution >= 4 is 22.0 Å². The molecular formula is C10H13N3O5S. The van der Waals surface area contributed by atoms with Crippen molar-refractivity contribution in [3.05, 3.63) is 29.8 Å². The summed E-state index contributed by atoms with van der Waals surface area (Å²) in [6.45, 7) is -0.0181. The fourth-order valence-electron chi connectivity index (χ4n) is 1.25. The van der Waals surface area contributed by atoms with Crippen LogP contribution >= 0.6 is 0 Å². The summed E-state index contributed by atoms with van der Waals surface area (Å²) in [7, 11) is -3.82. The molecule has 0 aliphatic rings. The van der Waals surface area contributed by atoms with Gasteiger partial charge in [0.1, 0.15) is 0 Å². The van der Waals surface area contributed by atoms with E-state index in [2.05, 4.69) is 10.0 Å². The number of carboxylic acids is 1. The Morgan fingerprint density at radius 3 is 2.53 bits per heavy atom. The van der Waals surface area contributed by atoms with Crippen molar-refractivity contribution in [2.24, 2.45) is 5.73 Å². The van der Waals surface area contributed by atoms with E-state index in [9.17, 15) is 18.0 Å². The smallest absolute Gasteiger partial charge is 0.335 e. The molecule has 0 heterocycles. The summed E-state index contributed by atoms with van der Waals surface area (Å²) in [6, 6.07) is 4.19. The van der Waals surface area contributed by atoms with Gasteiger partial charge in [-0.15, -0.1) is 0 Å².